The van der Waals surface area contributed by atoms with Gasteiger partial charge in [-0.2, -0.15) is 0 Å². The Morgan fingerprint density at radius 1 is 1.40 bits per heavy atom. The van der Waals surface area contributed by atoms with E-state index in [0.717, 1.165) is 19.3 Å². The van der Waals surface area contributed by atoms with E-state index in [0.29, 0.717) is 18.4 Å². The smallest absolute Gasteiger partial charge is 0.241 e. The first-order valence-electron chi connectivity index (χ1n) is 8.26. The topological polar surface area (TPSA) is 41.6 Å². The van der Waals surface area contributed by atoms with E-state index in [1.807, 2.05) is 0 Å². The largest absolute Gasteiger partial charge is 0.383 e. The van der Waals surface area contributed by atoms with E-state index in [-0.39, 0.29) is 18.2 Å². The van der Waals surface area contributed by atoms with Crippen LogP contribution in [-0.4, -0.2) is 42.8 Å². The van der Waals surface area contributed by atoms with Crippen LogP contribution in [-0.2, 0) is 9.53 Å². The summed E-state index contributed by atoms with van der Waals surface area (Å²) in [5.41, 5.74) is 0. The predicted octanol–water partition coefficient (Wildman–Crippen LogP) is 2.53. The van der Waals surface area contributed by atoms with Crippen LogP contribution in [0.3, 0.4) is 0 Å². The molecule has 3 atom stereocenters. The average molecular weight is 282 g/mol. The Labute approximate surface area is 123 Å². The second-order valence-corrected chi connectivity index (χ2v) is 6.40. The van der Waals surface area contributed by atoms with Crippen molar-refractivity contribution in [2.75, 3.05) is 13.7 Å². The number of rotatable bonds is 7. The van der Waals surface area contributed by atoms with Crippen LogP contribution in [0.1, 0.15) is 58.8 Å². The first-order valence-corrected chi connectivity index (χ1v) is 8.26. The highest BCUT2D eigenvalue weighted by molar-refractivity contribution is 5.84. The van der Waals surface area contributed by atoms with E-state index in [1.165, 1.54) is 25.7 Å². The maximum Gasteiger partial charge on any atom is 0.241 e. The molecule has 0 radical (unpaired) electrons. The van der Waals surface area contributed by atoms with E-state index in [9.17, 15) is 4.79 Å². The molecule has 4 heteroatoms. The minimum atomic E-state index is 0.0276. The highest BCUT2D eigenvalue weighted by Gasteiger charge is 2.44. The Balaban J connectivity index is 2.07. The fourth-order valence-electron chi connectivity index (χ4n) is 3.74. The second-order valence-electron chi connectivity index (χ2n) is 6.40. The highest BCUT2D eigenvalue weighted by atomic mass is 16.5. The van der Waals surface area contributed by atoms with Gasteiger partial charge >= 0.3 is 0 Å². The SMILES string of the molecule is CCCCC1NC(C2CCCC2)N(C(C)COC)C1=O. The molecule has 116 valence electrons. The summed E-state index contributed by atoms with van der Waals surface area (Å²) >= 11 is 0. The van der Waals surface area contributed by atoms with Gasteiger partial charge in [-0.3, -0.25) is 10.1 Å². The van der Waals surface area contributed by atoms with Crippen LogP contribution >= 0.6 is 0 Å². The van der Waals surface area contributed by atoms with E-state index < -0.39 is 0 Å². The lowest BCUT2D eigenvalue weighted by Crippen LogP contribution is -2.48. The Bertz CT molecular complexity index is 316. The highest BCUT2D eigenvalue weighted by Crippen LogP contribution is 2.33. The van der Waals surface area contributed by atoms with Crippen LogP contribution in [0.2, 0.25) is 0 Å². The monoisotopic (exact) mass is 282 g/mol. The van der Waals surface area contributed by atoms with E-state index in [4.69, 9.17) is 4.74 Å². The van der Waals surface area contributed by atoms with Gasteiger partial charge in [-0.15, -0.1) is 0 Å². The molecule has 20 heavy (non-hydrogen) atoms. The fraction of sp³-hybridized carbons (Fsp3) is 0.938. The molecule has 4 nitrogen and oxygen atoms in total. The van der Waals surface area contributed by atoms with Gasteiger partial charge in [0.25, 0.3) is 0 Å². The molecule has 0 aromatic heterocycles. The maximum atomic E-state index is 12.7. The number of nitrogens with zero attached hydrogens (tertiary/aromatic N) is 1. The van der Waals surface area contributed by atoms with Gasteiger partial charge in [-0.1, -0.05) is 32.6 Å². The molecule has 0 bridgehead atoms. The summed E-state index contributed by atoms with van der Waals surface area (Å²) < 4.78 is 5.27. The predicted molar refractivity (Wildman–Crippen MR) is 80.4 cm³/mol. The van der Waals surface area contributed by atoms with Gasteiger partial charge < -0.3 is 9.64 Å². The molecule has 1 saturated carbocycles. The van der Waals surface area contributed by atoms with Crippen molar-refractivity contribution in [2.24, 2.45) is 5.92 Å². The van der Waals surface area contributed by atoms with Crippen LogP contribution in [0.25, 0.3) is 0 Å². The van der Waals surface area contributed by atoms with Crippen LogP contribution in [0.5, 0.6) is 0 Å². The minimum absolute atomic E-state index is 0.0276. The van der Waals surface area contributed by atoms with Crippen molar-refractivity contribution < 1.29 is 9.53 Å². The molecular weight excluding hydrogens is 252 g/mol. The molecule has 1 saturated heterocycles. The zero-order valence-corrected chi connectivity index (χ0v) is 13.2. The lowest BCUT2D eigenvalue weighted by Gasteiger charge is -2.33. The Hall–Kier alpha value is -0.610. The van der Waals surface area contributed by atoms with Crippen LogP contribution in [0.15, 0.2) is 0 Å². The Morgan fingerprint density at radius 3 is 2.70 bits per heavy atom. The average Bonchev–Trinajstić information content (AvgIpc) is 3.04. The third-order valence-corrected chi connectivity index (χ3v) is 4.80. The molecule has 1 aliphatic carbocycles. The van der Waals surface area contributed by atoms with Gasteiger partial charge in [0.1, 0.15) is 0 Å². The number of ether oxygens (including phenoxy) is 1. The van der Waals surface area contributed by atoms with Crippen LogP contribution in [0, 0.1) is 5.92 Å². The summed E-state index contributed by atoms with van der Waals surface area (Å²) in [5.74, 6) is 0.921. The first-order chi connectivity index (χ1) is 9.69. The molecular formula is C16H30N2O2. The molecule has 0 spiro atoms. The third kappa shape index (κ3) is 3.34. The van der Waals surface area contributed by atoms with E-state index in [1.54, 1.807) is 7.11 Å². The molecule has 3 unspecified atom stereocenters. The molecule has 0 aromatic carbocycles. The molecule has 2 rings (SSSR count). The molecule has 1 N–H and O–H groups in total. The number of amides is 1. The van der Waals surface area contributed by atoms with Crippen LogP contribution < -0.4 is 5.32 Å². The van der Waals surface area contributed by atoms with Gasteiger partial charge in [0.15, 0.2) is 0 Å². The van der Waals surface area contributed by atoms with Crippen molar-refractivity contribution in [3.63, 3.8) is 0 Å². The Morgan fingerprint density at radius 2 is 2.10 bits per heavy atom. The zero-order chi connectivity index (χ0) is 14.5. The fourth-order valence-corrected chi connectivity index (χ4v) is 3.74. The molecule has 2 aliphatic rings. The van der Waals surface area contributed by atoms with Gasteiger partial charge in [0.2, 0.25) is 5.91 Å². The number of carbonyl (C=O) groups is 1. The Kier molecular flexibility index (Phi) is 5.85. The lowest BCUT2D eigenvalue weighted by molar-refractivity contribution is -0.133. The minimum Gasteiger partial charge on any atom is -0.383 e. The summed E-state index contributed by atoms with van der Waals surface area (Å²) in [5, 5.41) is 3.63. The van der Waals surface area contributed by atoms with Crippen molar-refractivity contribution in [1.29, 1.82) is 0 Å². The summed E-state index contributed by atoms with van der Waals surface area (Å²) in [4.78, 5) is 14.8. The molecule has 1 aliphatic heterocycles. The van der Waals surface area contributed by atoms with E-state index in [2.05, 4.69) is 24.1 Å². The van der Waals surface area contributed by atoms with Crippen molar-refractivity contribution in [2.45, 2.75) is 77.0 Å². The van der Waals surface area contributed by atoms with Crippen molar-refractivity contribution >= 4 is 5.91 Å². The first kappa shape index (κ1) is 15.8. The van der Waals surface area contributed by atoms with E-state index >= 15 is 0 Å². The maximum absolute atomic E-state index is 12.7. The van der Waals surface area contributed by atoms with Gasteiger partial charge in [-0.05, 0) is 32.1 Å². The summed E-state index contributed by atoms with van der Waals surface area (Å²) in [7, 11) is 1.71. The quantitative estimate of drug-likeness (QED) is 0.780. The number of unbranched alkanes of at least 4 members (excludes halogenated alkanes) is 1. The van der Waals surface area contributed by atoms with Crippen molar-refractivity contribution in [3.8, 4) is 0 Å². The van der Waals surface area contributed by atoms with Gasteiger partial charge in [0, 0.05) is 7.11 Å². The number of nitrogens with one attached hydrogen (secondary N) is 1. The van der Waals surface area contributed by atoms with Gasteiger partial charge in [0.05, 0.1) is 24.9 Å². The van der Waals surface area contributed by atoms with Crippen molar-refractivity contribution in [1.82, 2.24) is 10.2 Å². The van der Waals surface area contributed by atoms with Crippen molar-refractivity contribution in [3.05, 3.63) is 0 Å². The lowest BCUT2D eigenvalue weighted by atomic mass is 10.0. The third-order valence-electron chi connectivity index (χ3n) is 4.80. The molecule has 1 amide bonds. The zero-order valence-electron chi connectivity index (χ0n) is 13.2. The van der Waals surface area contributed by atoms with Gasteiger partial charge in [-0.25, -0.2) is 0 Å². The number of hydrogen-bond acceptors (Lipinski definition) is 3. The summed E-state index contributed by atoms with van der Waals surface area (Å²) in [6.07, 6.45) is 8.59. The number of hydrogen-bond donors (Lipinski definition) is 1. The molecule has 2 fully saturated rings. The number of carbonyl (C=O) groups excluding carboxylic acids is 1. The van der Waals surface area contributed by atoms with Crippen LogP contribution in [0.4, 0.5) is 0 Å². The number of methoxy groups -OCH3 is 1. The summed E-state index contributed by atoms with van der Waals surface area (Å²) in [6, 6.07) is 0.192. The second kappa shape index (κ2) is 7.41. The molecule has 1 heterocycles. The summed E-state index contributed by atoms with van der Waals surface area (Å²) in [6.45, 7) is 4.91. The molecule has 0 aromatic rings. The standard InChI is InChI=1S/C16H30N2O2/c1-4-5-10-14-16(19)18(12(2)11-20-3)15(17-14)13-8-6-7-9-13/h12-15,17H,4-11H2,1-3H3. The normalized spacial score (nSPS) is 29.4.